The van der Waals surface area contributed by atoms with Crippen molar-refractivity contribution >= 4 is 0 Å². The Balaban J connectivity index is 1.68. The molecule has 0 radical (unpaired) electrons. The number of rotatable bonds is 4. The van der Waals surface area contributed by atoms with Gasteiger partial charge < -0.3 is 10.3 Å². The number of nitrogens with two attached hydrogens (primary N) is 1. The number of benzene rings is 1. The summed E-state index contributed by atoms with van der Waals surface area (Å²) in [6.07, 6.45) is 4.95. The maximum Gasteiger partial charge on any atom is 0.234 e. The van der Waals surface area contributed by atoms with Gasteiger partial charge in [0.25, 0.3) is 0 Å². The second-order valence-electron chi connectivity index (χ2n) is 5.92. The van der Waals surface area contributed by atoms with Crippen molar-refractivity contribution in [2.24, 2.45) is 5.73 Å². The fraction of sp³-hybridized carbons (Fsp3) is 0.500. The van der Waals surface area contributed by atoms with Crippen molar-refractivity contribution in [3.63, 3.8) is 0 Å². The standard InChI is InChI=1S/C16H21N3O/c1-16(11-5-8-13(16)17)15-18-14(19-20-15)10-9-12-6-3-2-4-7-12/h2-4,6-7,13H,5,8-11,17H2,1H3. The van der Waals surface area contributed by atoms with Gasteiger partial charge in [0, 0.05) is 12.5 Å². The van der Waals surface area contributed by atoms with E-state index in [1.165, 1.54) is 5.56 Å². The summed E-state index contributed by atoms with van der Waals surface area (Å²) >= 11 is 0. The van der Waals surface area contributed by atoms with Crippen LogP contribution in [0.3, 0.4) is 0 Å². The van der Waals surface area contributed by atoms with Gasteiger partial charge in [0.15, 0.2) is 5.82 Å². The molecule has 1 aliphatic carbocycles. The van der Waals surface area contributed by atoms with E-state index in [0.29, 0.717) is 5.89 Å². The van der Waals surface area contributed by atoms with Gasteiger partial charge in [-0.25, -0.2) is 0 Å². The Morgan fingerprint density at radius 3 is 2.80 bits per heavy atom. The lowest BCUT2D eigenvalue weighted by molar-refractivity contribution is 0.276. The van der Waals surface area contributed by atoms with Gasteiger partial charge in [0.05, 0.1) is 5.41 Å². The molecule has 0 amide bonds. The van der Waals surface area contributed by atoms with E-state index in [0.717, 1.165) is 37.9 Å². The summed E-state index contributed by atoms with van der Waals surface area (Å²) in [6, 6.07) is 10.5. The molecule has 1 fully saturated rings. The van der Waals surface area contributed by atoms with E-state index in [1.54, 1.807) is 0 Å². The predicted octanol–water partition coefficient (Wildman–Crippen LogP) is 2.62. The highest BCUT2D eigenvalue weighted by molar-refractivity contribution is 5.16. The molecular formula is C16H21N3O. The lowest BCUT2D eigenvalue weighted by atomic mass is 9.85. The number of nitrogens with zero attached hydrogens (tertiary/aromatic N) is 2. The summed E-state index contributed by atoms with van der Waals surface area (Å²) in [7, 11) is 0. The molecule has 1 aromatic carbocycles. The first-order chi connectivity index (χ1) is 9.68. The smallest absolute Gasteiger partial charge is 0.234 e. The Morgan fingerprint density at radius 1 is 1.30 bits per heavy atom. The summed E-state index contributed by atoms with van der Waals surface area (Å²) in [4.78, 5) is 4.57. The largest absolute Gasteiger partial charge is 0.339 e. The lowest BCUT2D eigenvalue weighted by Gasteiger charge is -2.23. The summed E-state index contributed by atoms with van der Waals surface area (Å²) in [6.45, 7) is 2.14. The molecule has 1 aliphatic rings. The minimum Gasteiger partial charge on any atom is -0.339 e. The van der Waals surface area contributed by atoms with Gasteiger partial charge in [-0.15, -0.1) is 0 Å². The number of aryl methyl sites for hydroxylation is 2. The molecule has 2 N–H and O–H groups in total. The highest BCUT2D eigenvalue weighted by Crippen LogP contribution is 2.38. The van der Waals surface area contributed by atoms with Crippen molar-refractivity contribution < 1.29 is 4.52 Å². The predicted molar refractivity (Wildman–Crippen MR) is 77.3 cm³/mol. The van der Waals surface area contributed by atoms with Gasteiger partial charge >= 0.3 is 0 Å². The minimum atomic E-state index is -0.141. The van der Waals surface area contributed by atoms with Crippen molar-refractivity contribution in [2.75, 3.05) is 0 Å². The Morgan fingerprint density at radius 2 is 2.10 bits per heavy atom. The van der Waals surface area contributed by atoms with Gasteiger partial charge in [-0.05, 0) is 31.7 Å². The number of aromatic nitrogens is 2. The van der Waals surface area contributed by atoms with Crippen LogP contribution in [0, 0.1) is 0 Å². The van der Waals surface area contributed by atoms with Gasteiger partial charge in [-0.1, -0.05) is 41.9 Å². The second-order valence-corrected chi connectivity index (χ2v) is 5.92. The van der Waals surface area contributed by atoms with Crippen LogP contribution in [0.4, 0.5) is 0 Å². The van der Waals surface area contributed by atoms with Crippen molar-refractivity contribution in [1.29, 1.82) is 0 Å². The molecule has 2 unspecified atom stereocenters. The van der Waals surface area contributed by atoms with Gasteiger partial charge in [-0.3, -0.25) is 0 Å². The first kappa shape index (κ1) is 13.3. The van der Waals surface area contributed by atoms with Gasteiger partial charge in [-0.2, -0.15) is 4.98 Å². The lowest BCUT2D eigenvalue weighted by Crippen LogP contribution is -2.38. The zero-order valence-corrected chi connectivity index (χ0v) is 11.9. The van der Waals surface area contributed by atoms with Gasteiger partial charge in [0.1, 0.15) is 0 Å². The third-order valence-corrected chi connectivity index (χ3v) is 4.47. The molecule has 4 heteroatoms. The monoisotopic (exact) mass is 271 g/mol. The molecule has 4 nitrogen and oxygen atoms in total. The van der Waals surface area contributed by atoms with Crippen LogP contribution in [0.25, 0.3) is 0 Å². The second kappa shape index (κ2) is 5.37. The van der Waals surface area contributed by atoms with E-state index in [9.17, 15) is 0 Å². The third-order valence-electron chi connectivity index (χ3n) is 4.47. The summed E-state index contributed by atoms with van der Waals surface area (Å²) in [5.74, 6) is 1.50. The minimum absolute atomic E-state index is 0.130. The average Bonchev–Trinajstić information content (AvgIpc) is 3.07. The maximum absolute atomic E-state index is 6.19. The van der Waals surface area contributed by atoms with Crippen LogP contribution in [-0.4, -0.2) is 16.2 Å². The molecule has 106 valence electrons. The maximum atomic E-state index is 6.19. The average molecular weight is 271 g/mol. The van der Waals surface area contributed by atoms with Crippen molar-refractivity contribution in [1.82, 2.24) is 10.1 Å². The van der Waals surface area contributed by atoms with Crippen LogP contribution >= 0.6 is 0 Å². The number of hydrogen-bond donors (Lipinski definition) is 1. The molecule has 20 heavy (non-hydrogen) atoms. The van der Waals surface area contributed by atoms with E-state index < -0.39 is 0 Å². The molecule has 1 aromatic heterocycles. The van der Waals surface area contributed by atoms with E-state index >= 15 is 0 Å². The molecule has 0 saturated heterocycles. The molecule has 0 bridgehead atoms. The van der Waals surface area contributed by atoms with Crippen LogP contribution in [0.1, 0.15) is 43.5 Å². The molecule has 0 aliphatic heterocycles. The Labute approximate surface area is 119 Å². The molecular weight excluding hydrogens is 250 g/mol. The van der Waals surface area contributed by atoms with Crippen LogP contribution in [-0.2, 0) is 18.3 Å². The first-order valence-electron chi connectivity index (χ1n) is 7.31. The molecule has 2 atom stereocenters. The highest BCUT2D eigenvalue weighted by atomic mass is 16.5. The third kappa shape index (κ3) is 2.48. The van der Waals surface area contributed by atoms with Crippen LogP contribution in [0.5, 0.6) is 0 Å². The fourth-order valence-electron chi connectivity index (χ4n) is 2.95. The normalized spacial score (nSPS) is 26.0. The van der Waals surface area contributed by atoms with E-state index in [4.69, 9.17) is 10.3 Å². The Kier molecular flexibility index (Phi) is 3.57. The molecule has 0 spiro atoms. The van der Waals surface area contributed by atoms with Crippen LogP contribution in [0.2, 0.25) is 0 Å². The highest BCUT2D eigenvalue weighted by Gasteiger charge is 2.42. The van der Waals surface area contributed by atoms with Crippen molar-refractivity contribution in [2.45, 2.75) is 50.5 Å². The van der Waals surface area contributed by atoms with Crippen LogP contribution < -0.4 is 5.73 Å². The Bertz CT molecular complexity index is 566. The van der Waals surface area contributed by atoms with Gasteiger partial charge in [0.2, 0.25) is 5.89 Å². The summed E-state index contributed by atoms with van der Waals surface area (Å²) in [5, 5.41) is 4.11. The molecule has 2 aromatic rings. The zero-order chi connectivity index (χ0) is 14.0. The molecule has 1 saturated carbocycles. The van der Waals surface area contributed by atoms with Crippen molar-refractivity contribution in [3.05, 3.63) is 47.6 Å². The first-order valence-corrected chi connectivity index (χ1v) is 7.31. The summed E-state index contributed by atoms with van der Waals surface area (Å²) < 4.78 is 5.47. The quantitative estimate of drug-likeness (QED) is 0.928. The van der Waals surface area contributed by atoms with Crippen molar-refractivity contribution in [3.8, 4) is 0 Å². The molecule has 3 rings (SSSR count). The van der Waals surface area contributed by atoms with E-state index in [1.807, 2.05) is 6.07 Å². The van der Waals surface area contributed by atoms with Crippen LogP contribution in [0.15, 0.2) is 34.9 Å². The topological polar surface area (TPSA) is 64.9 Å². The number of hydrogen-bond acceptors (Lipinski definition) is 4. The Hall–Kier alpha value is -1.68. The fourth-order valence-corrected chi connectivity index (χ4v) is 2.95. The summed E-state index contributed by atoms with van der Waals surface area (Å²) in [5.41, 5.74) is 7.34. The van der Waals surface area contributed by atoms with E-state index in [-0.39, 0.29) is 11.5 Å². The SMILES string of the molecule is CC1(c2nc(CCc3ccccc3)no2)CCCC1N. The molecule has 1 heterocycles. The van der Waals surface area contributed by atoms with E-state index in [2.05, 4.69) is 41.3 Å². The zero-order valence-electron chi connectivity index (χ0n) is 11.9.